The number of nitrogens with two attached hydrogens (primary N) is 1. The van der Waals surface area contributed by atoms with Gasteiger partial charge in [-0.05, 0) is 24.6 Å². The summed E-state index contributed by atoms with van der Waals surface area (Å²) in [6.07, 6.45) is 0. The molecular weight excluding hydrogens is 316 g/mol. The van der Waals surface area contributed by atoms with E-state index in [4.69, 9.17) is 5.73 Å². The maximum atomic E-state index is 5.84. The molecule has 1 aromatic carbocycles. The first kappa shape index (κ1) is 13.1. The van der Waals surface area contributed by atoms with Crippen LogP contribution in [0.25, 0.3) is 0 Å². The lowest BCUT2D eigenvalue weighted by atomic mass is 10.1. The summed E-state index contributed by atoms with van der Waals surface area (Å²) in [4.78, 5) is 4.46. The first-order chi connectivity index (χ1) is 8.19. The van der Waals surface area contributed by atoms with Crippen molar-refractivity contribution in [2.24, 2.45) is 5.73 Å². The highest BCUT2D eigenvalue weighted by molar-refractivity contribution is 9.10. The highest BCUT2D eigenvalue weighted by Crippen LogP contribution is 2.36. The monoisotopic (exact) mass is 328 g/mol. The minimum atomic E-state index is 0.272. The highest BCUT2D eigenvalue weighted by Gasteiger charge is 2.13. The van der Waals surface area contributed by atoms with Crippen LogP contribution >= 0.6 is 39.0 Å². The zero-order valence-electron chi connectivity index (χ0n) is 9.39. The summed E-state index contributed by atoms with van der Waals surface area (Å²) < 4.78 is 2.17. The van der Waals surface area contributed by atoms with Crippen LogP contribution in [0.15, 0.2) is 38.5 Å². The Morgan fingerprint density at radius 2 is 2.12 bits per heavy atom. The van der Waals surface area contributed by atoms with E-state index in [0.717, 1.165) is 14.5 Å². The number of aromatic nitrogens is 1. The molecule has 0 saturated carbocycles. The molecule has 0 saturated heterocycles. The Labute approximate surface area is 118 Å². The fraction of sp³-hybridized carbons (Fsp3) is 0.250. The normalized spacial score (nSPS) is 12.6. The molecule has 0 amide bonds. The van der Waals surface area contributed by atoms with Gasteiger partial charge in [0.25, 0.3) is 0 Å². The smallest absolute Gasteiger partial charge is 0.150 e. The molecule has 90 valence electrons. The van der Waals surface area contributed by atoms with Gasteiger partial charge in [-0.1, -0.05) is 39.8 Å². The van der Waals surface area contributed by atoms with Gasteiger partial charge in [0, 0.05) is 27.3 Å². The summed E-state index contributed by atoms with van der Waals surface area (Å²) in [5, 5.41) is 2.34. The lowest BCUT2D eigenvalue weighted by Gasteiger charge is -2.13. The Kier molecular flexibility index (Phi) is 4.62. The fourth-order valence-electron chi connectivity index (χ4n) is 1.44. The van der Waals surface area contributed by atoms with Crippen molar-refractivity contribution >= 4 is 39.0 Å². The Bertz CT molecular complexity index is 482. The van der Waals surface area contributed by atoms with Crippen LogP contribution in [0.4, 0.5) is 0 Å². The quantitative estimate of drug-likeness (QED) is 0.862. The van der Waals surface area contributed by atoms with Gasteiger partial charge in [-0.2, -0.15) is 0 Å². The van der Waals surface area contributed by atoms with Gasteiger partial charge in [0.15, 0.2) is 4.34 Å². The molecule has 0 spiro atoms. The minimum Gasteiger partial charge on any atom is -0.329 e. The summed E-state index contributed by atoms with van der Waals surface area (Å²) in [5.41, 5.74) is 8.16. The third-order valence-electron chi connectivity index (χ3n) is 2.30. The molecular formula is C12H13BrN2S2. The molecule has 0 fully saturated rings. The zero-order chi connectivity index (χ0) is 12.3. The third-order valence-corrected chi connectivity index (χ3v) is 5.20. The predicted octanol–water partition coefficient (Wildman–Crippen LogP) is 4.01. The van der Waals surface area contributed by atoms with E-state index in [1.54, 1.807) is 23.1 Å². The third kappa shape index (κ3) is 3.55. The lowest BCUT2D eigenvalue weighted by molar-refractivity contribution is 0.938. The van der Waals surface area contributed by atoms with E-state index in [0.29, 0.717) is 6.54 Å². The van der Waals surface area contributed by atoms with Crippen molar-refractivity contribution in [3.8, 4) is 0 Å². The predicted molar refractivity (Wildman–Crippen MR) is 78.6 cm³/mol. The van der Waals surface area contributed by atoms with Gasteiger partial charge in [0.05, 0.1) is 0 Å². The minimum absolute atomic E-state index is 0.272. The molecule has 17 heavy (non-hydrogen) atoms. The van der Waals surface area contributed by atoms with E-state index in [1.165, 1.54) is 5.56 Å². The Hall–Kier alpha value is -0.360. The van der Waals surface area contributed by atoms with Crippen LogP contribution in [0.2, 0.25) is 0 Å². The van der Waals surface area contributed by atoms with Gasteiger partial charge in [0.1, 0.15) is 0 Å². The van der Waals surface area contributed by atoms with E-state index in [9.17, 15) is 0 Å². The van der Waals surface area contributed by atoms with Crippen LogP contribution in [0.5, 0.6) is 0 Å². The van der Waals surface area contributed by atoms with Crippen molar-refractivity contribution < 1.29 is 0 Å². The molecule has 2 aromatic rings. The number of hydrogen-bond donors (Lipinski definition) is 1. The van der Waals surface area contributed by atoms with Crippen LogP contribution in [-0.4, -0.2) is 11.5 Å². The van der Waals surface area contributed by atoms with Crippen LogP contribution in [-0.2, 0) is 0 Å². The SMILES string of the molecule is Cc1csc(SC(CN)c2ccc(Br)cc2)n1. The molecule has 2 nitrogen and oxygen atoms in total. The van der Waals surface area contributed by atoms with E-state index >= 15 is 0 Å². The van der Waals surface area contributed by atoms with Crippen molar-refractivity contribution in [2.75, 3.05) is 6.54 Å². The molecule has 2 rings (SSSR count). The van der Waals surface area contributed by atoms with Crippen molar-refractivity contribution in [1.29, 1.82) is 0 Å². The van der Waals surface area contributed by atoms with Gasteiger partial charge in [0.2, 0.25) is 0 Å². The zero-order valence-corrected chi connectivity index (χ0v) is 12.6. The van der Waals surface area contributed by atoms with E-state index in [1.807, 2.05) is 19.1 Å². The molecule has 0 bridgehead atoms. The number of nitrogens with zero attached hydrogens (tertiary/aromatic N) is 1. The number of thiazole rings is 1. The average molecular weight is 329 g/mol. The molecule has 1 aromatic heterocycles. The molecule has 0 aliphatic heterocycles. The number of aryl methyl sites for hydroxylation is 1. The summed E-state index contributed by atoms with van der Waals surface area (Å²) in [5.74, 6) is 0. The van der Waals surface area contributed by atoms with Crippen molar-refractivity contribution in [2.45, 2.75) is 16.5 Å². The van der Waals surface area contributed by atoms with E-state index in [-0.39, 0.29) is 5.25 Å². The van der Waals surface area contributed by atoms with Crippen LogP contribution in [0, 0.1) is 6.92 Å². The number of thioether (sulfide) groups is 1. The summed E-state index contributed by atoms with van der Waals surface area (Å²) >= 11 is 6.85. The van der Waals surface area contributed by atoms with Crippen molar-refractivity contribution in [3.05, 3.63) is 45.4 Å². The maximum absolute atomic E-state index is 5.84. The van der Waals surface area contributed by atoms with Crippen LogP contribution < -0.4 is 5.73 Å². The Morgan fingerprint density at radius 1 is 1.41 bits per heavy atom. The topological polar surface area (TPSA) is 38.9 Å². The highest BCUT2D eigenvalue weighted by atomic mass is 79.9. The number of benzene rings is 1. The lowest BCUT2D eigenvalue weighted by Crippen LogP contribution is -2.09. The molecule has 0 aliphatic rings. The molecule has 5 heteroatoms. The molecule has 1 heterocycles. The summed E-state index contributed by atoms with van der Waals surface area (Å²) in [7, 11) is 0. The van der Waals surface area contributed by atoms with Crippen molar-refractivity contribution in [3.63, 3.8) is 0 Å². The number of hydrogen-bond acceptors (Lipinski definition) is 4. The van der Waals surface area contributed by atoms with Gasteiger partial charge in [-0.15, -0.1) is 11.3 Å². The fourth-order valence-corrected chi connectivity index (χ4v) is 3.77. The molecule has 2 N–H and O–H groups in total. The van der Waals surface area contributed by atoms with Crippen LogP contribution in [0.3, 0.4) is 0 Å². The van der Waals surface area contributed by atoms with Gasteiger partial charge in [-0.25, -0.2) is 4.98 Å². The van der Waals surface area contributed by atoms with E-state index < -0.39 is 0 Å². The second-order valence-corrected chi connectivity index (χ2v) is 6.87. The summed E-state index contributed by atoms with van der Waals surface area (Å²) in [6.45, 7) is 2.63. The Morgan fingerprint density at radius 3 is 2.65 bits per heavy atom. The maximum Gasteiger partial charge on any atom is 0.150 e. The standard InChI is InChI=1S/C12H13BrN2S2/c1-8-7-16-12(15-8)17-11(6-14)9-2-4-10(13)5-3-9/h2-5,7,11H,6,14H2,1H3. The van der Waals surface area contributed by atoms with Gasteiger partial charge < -0.3 is 5.73 Å². The number of halogens is 1. The molecule has 1 atom stereocenters. The molecule has 1 unspecified atom stereocenters. The van der Waals surface area contributed by atoms with Gasteiger partial charge in [-0.3, -0.25) is 0 Å². The average Bonchev–Trinajstić information content (AvgIpc) is 2.73. The van der Waals surface area contributed by atoms with Gasteiger partial charge >= 0.3 is 0 Å². The first-order valence-electron chi connectivity index (χ1n) is 5.23. The molecule has 0 aliphatic carbocycles. The summed E-state index contributed by atoms with van der Waals surface area (Å²) in [6, 6.07) is 8.31. The largest absolute Gasteiger partial charge is 0.329 e. The Balaban J connectivity index is 2.13. The van der Waals surface area contributed by atoms with E-state index in [2.05, 4.69) is 38.4 Å². The second kappa shape index (κ2) is 6.00. The first-order valence-corrected chi connectivity index (χ1v) is 7.78. The second-order valence-electron chi connectivity index (χ2n) is 3.65. The molecule has 0 radical (unpaired) electrons. The van der Waals surface area contributed by atoms with Crippen molar-refractivity contribution in [1.82, 2.24) is 4.98 Å². The van der Waals surface area contributed by atoms with Crippen LogP contribution in [0.1, 0.15) is 16.5 Å². The number of rotatable bonds is 4.